The van der Waals surface area contributed by atoms with E-state index in [1.54, 1.807) is 0 Å². The summed E-state index contributed by atoms with van der Waals surface area (Å²) in [5.41, 5.74) is 0. The molecule has 1 aromatic carbocycles. The van der Waals surface area contributed by atoms with Gasteiger partial charge >= 0.3 is 0 Å². The summed E-state index contributed by atoms with van der Waals surface area (Å²) in [5.74, 6) is 0.719. The maximum atomic E-state index is 10.8. The highest BCUT2D eigenvalue weighted by molar-refractivity contribution is 5.87. The molecule has 2 rings (SSSR count). The Kier molecular flexibility index (Phi) is 1.70. The minimum atomic E-state index is -0.285. The van der Waals surface area contributed by atoms with Crippen molar-refractivity contribution < 1.29 is 9.53 Å². The largest absolute Gasteiger partial charge is 0.479 e. The van der Waals surface area contributed by atoms with Crippen molar-refractivity contribution in [1.29, 1.82) is 0 Å². The summed E-state index contributed by atoms with van der Waals surface area (Å²) in [7, 11) is 0. The first-order valence-corrected chi connectivity index (χ1v) is 3.86. The number of carbonyl (C=O) groups excluding carboxylic acids is 1. The summed E-state index contributed by atoms with van der Waals surface area (Å²) in [4.78, 5) is 10.8. The number of nitrogens with one attached hydrogen (secondary N) is 1. The summed E-state index contributed by atoms with van der Waals surface area (Å²) in [5, 5.41) is 2.61. The number of hydrogen-bond acceptors (Lipinski definition) is 2. The van der Waals surface area contributed by atoms with Gasteiger partial charge in [0.1, 0.15) is 5.75 Å². The van der Waals surface area contributed by atoms with E-state index in [1.165, 1.54) is 0 Å². The van der Waals surface area contributed by atoms with Crippen LogP contribution in [0.5, 0.6) is 5.75 Å². The Hall–Kier alpha value is -1.51. The normalized spacial score (nSPS) is 21.0. The van der Waals surface area contributed by atoms with Gasteiger partial charge in [-0.25, -0.2) is 0 Å². The highest BCUT2D eigenvalue weighted by Gasteiger charge is 2.29. The van der Waals surface area contributed by atoms with E-state index < -0.39 is 0 Å². The molecule has 62 valence electrons. The Labute approximate surface area is 70.3 Å². The maximum absolute atomic E-state index is 10.8. The van der Waals surface area contributed by atoms with Gasteiger partial charge in [-0.15, -0.1) is 0 Å². The molecule has 0 spiro atoms. The van der Waals surface area contributed by atoms with Crippen LogP contribution >= 0.6 is 0 Å². The predicted molar refractivity (Wildman–Crippen MR) is 43.9 cm³/mol. The molecular weight excluding hydrogens is 154 g/mol. The second-order valence-corrected chi connectivity index (χ2v) is 2.66. The predicted octanol–water partition coefficient (Wildman–Crippen LogP) is 0.564. The number of β-lactam (4-membered cyclic amide) rings is 1. The maximum Gasteiger partial charge on any atom is 0.263 e. The molecule has 1 unspecified atom stereocenters. The lowest BCUT2D eigenvalue weighted by Crippen LogP contribution is -2.56. The first-order chi connectivity index (χ1) is 5.86. The van der Waals surface area contributed by atoms with Crippen molar-refractivity contribution in [1.82, 2.24) is 5.32 Å². The molecule has 3 nitrogen and oxygen atoms in total. The quantitative estimate of drug-likeness (QED) is 0.647. The number of carbonyl (C=O) groups is 1. The molecule has 1 N–H and O–H groups in total. The van der Waals surface area contributed by atoms with Gasteiger partial charge in [0.2, 0.25) is 0 Å². The molecule has 1 saturated heterocycles. The molecule has 0 aliphatic carbocycles. The molecule has 0 saturated carbocycles. The second kappa shape index (κ2) is 2.85. The lowest BCUT2D eigenvalue weighted by molar-refractivity contribution is -0.135. The minimum Gasteiger partial charge on any atom is -0.479 e. The van der Waals surface area contributed by atoms with E-state index in [1.807, 2.05) is 30.3 Å². The molecule has 1 heterocycles. The van der Waals surface area contributed by atoms with E-state index >= 15 is 0 Å². The molecule has 0 bridgehead atoms. The first-order valence-electron chi connectivity index (χ1n) is 3.86. The Morgan fingerprint density at radius 2 is 2.08 bits per heavy atom. The summed E-state index contributed by atoms with van der Waals surface area (Å²) in [6, 6.07) is 9.35. The molecule has 0 radical (unpaired) electrons. The molecule has 3 heteroatoms. The zero-order chi connectivity index (χ0) is 8.39. The van der Waals surface area contributed by atoms with Gasteiger partial charge in [-0.05, 0) is 12.1 Å². The number of para-hydroxylation sites is 1. The van der Waals surface area contributed by atoms with Crippen molar-refractivity contribution in [3.8, 4) is 5.75 Å². The van der Waals surface area contributed by atoms with Crippen molar-refractivity contribution in [2.45, 2.75) is 6.10 Å². The van der Waals surface area contributed by atoms with E-state index in [4.69, 9.17) is 4.74 Å². The fourth-order valence-electron chi connectivity index (χ4n) is 1.03. The minimum absolute atomic E-state index is 0.0288. The van der Waals surface area contributed by atoms with Crippen LogP contribution in [0, 0.1) is 0 Å². The highest BCUT2D eigenvalue weighted by atomic mass is 16.5. The van der Waals surface area contributed by atoms with Gasteiger partial charge < -0.3 is 10.1 Å². The van der Waals surface area contributed by atoms with E-state index in [-0.39, 0.29) is 12.0 Å². The Morgan fingerprint density at radius 3 is 2.58 bits per heavy atom. The van der Waals surface area contributed by atoms with Gasteiger partial charge in [-0.1, -0.05) is 18.2 Å². The van der Waals surface area contributed by atoms with Crippen LogP contribution in [0.15, 0.2) is 30.3 Å². The summed E-state index contributed by atoms with van der Waals surface area (Å²) in [6.45, 7) is 0.619. The van der Waals surface area contributed by atoms with Crippen molar-refractivity contribution in [2.75, 3.05) is 6.54 Å². The van der Waals surface area contributed by atoms with Gasteiger partial charge in [-0.3, -0.25) is 4.79 Å². The fourth-order valence-corrected chi connectivity index (χ4v) is 1.03. The van der Waals surface area contributed by atoms with E-state index in [0.29, 0.717) is 6.54 Å². The number of amides is 1. The van der Waals surface area contributed by atoms with Gasteiger partial charge in [-0.2, -0.15) is 0 Å². The monoisotopic (exact) mass is 163 g/mol. The first kappa shape index (κ1) is 7.16. The fraction of sp³-hybridized carbons (Fsp3) is 0.222. The van der Waals surface area contributed by atoms with Crippen molar-refractivity contribution >= 4 is 5.91 Å². The van der Waals surface area contributed by atoms with Crippen LogP contribution in [0.1, 0.15) is 0 Å². The topological polar surface area (TPSA) is 38.3 Å². The van der Waals surface area contributed by atoms with Crippen LogP contribution in [0.2, 0.25) is 0 Å². The van der Waals surface area contributed by atoms with Crippen LogP contribution in [0.3, 0.4) is 0 Å². The molecule has 1 atom stereocenters. The number of rotatable bonds is 2. The average molecular weight is 163 g/mol. The van der Waals surface area contributed by atoms with Crippen LogP contribution < -0.4 is 10.1 Å². The SMILES string of the molecule is O=C1NCC1Oc1ccccc1. The Bertz CT molecular complexity index is 284. The van der Waals surface area contributed by atoms with Gasteiger partial charge in [0, 0.05) is 0 Å². The van der Waals surface area contributed by atoms with Gasteiger partial charge in [0.15, 0.2) is 6.10 Å². The van der Waals surface area contributed by atoms with Crippen molar-refractivity contribution in [2.24, 2.45) is 0 Å². The number of benzene rings is 1. The number of ether oxygens (including phenoxy) is 1. The Balaban J connectivity index is 2.00. The molecule has 0 aromatic heterocycles. The van der Waals surface area contributed by atoms with Gasteiger partial charge in [0.05, 0.1) is 6.54 Å². The smallest absolute Gasteiger partial charge is 0.263 e. The summed E-state index contributed by atoms with van der Waals surface area (Å²) in [6.07, 6.45) is -0.285. The lowest BCUT2D eigenvalue weighted by Gasteiger charge is -2.26. The highest BCUT2D eigenvalue weighted by Crippen LogP contribution is 2.12. The molecule has 12 heavy (non-hydrogen) atoms. The Morgan fingerprint density at radius 1 is 1.33 bits per heavy atom. The standard InChI is InChI=1S/C9H9NO2/c11-9-8(6-10-9)12-7-4-2-1-3-5-7/h1-5,8H,6H2,(H,10,11). The molecule has 1 aliphatic heterocycles. The van der Waals surface area contributed by atoms with E-state index in [0.717, 1.165) is 5.75 Å². The molecule has 1 fully saturated rings. The van der Waals surface area contributed by atoms with Gasteiger partial charge in [0.25, 0.3) is 5.91 Å². The lowest BCUT2D eigenvalue weighted by atomic mass is 10.2. The molecule has 1 aliphatic rings. The van der Waals surface area contributed by atoms with Crippen molar-refractivity contribution in [3.63, 3.8) is 0 Å². The van der Waals surface area contributed by atoms with E-state index in [9.17, 15) is 4.79 Å². The van der Waals surface area contributed by atoms with Crippen LogP contribution in [0.4, 0.5) is 0 Å². The third-order valence-electron chi connectivity index (χ3n) is 1.78. The third-order valence-corrected chi connectivity index (χ3v) is 1.78. The zero-order valence-corrected chi connectivity index (χ0v) is 6.49. The average Bonchev–Trinajstić information content (AvgIpc) is 2.14. The summed E-state index contributed by atoms with van der Waals surface area (Å²) >= 11 is 0. The third kappa shape index (κ3) is 1.25. The van der Waals surface area contributed by atoms with Crippen LogP contribution in [0.25, 0.3) is 0 Å². The van der Waals surface area contributed by atoms with E-state index in [2.05, 4.69) is 5.32 Å². The molecule has 1 aromatic rings. The van der Waals surface area contributed by atoms with Crippen molar-refractivity contribution in [3.05, 3.63) is 30.3 Å². The zero-order valence-electron chi connectivity index (χ0n) is 6.49. The number of hydrogen-bond donors (Lipinski definition) is 1. The van der Waals surface area contributed by atoms with Crippen LogP contribution in [-0.2, 0) is 4.79 Å². The molecular formula is C9H9NO2. The molecule has 1 amide bonds. The second-order valence-electron chi connectivity index (χ2n) is 2.66. The van der Waals surface area contributed by atoms with Crippen LogP contribution in [-0.4, -0.2) is 18.6 Å². The summed E-state index contributed by atoms with van der Waals surface area (Å²) < 4.78 is 5.35.